The van der Waals surface area contributed by atoms with Crippen molar-refractivity contribution in [3.63, 3.8) is 0 Å². The number of ether oxygens (including phenoxy) is 2. The molecule has 2 aliphatic rings. The first-order chi connectivity index (χ1) is 16.5. The van der Waals surface area contributed by atoms with Crippen LogP contribution >= 0.6 is 0 Å². The van der Waals surface area contributed by atoms with Crippen molar-refractivity contribution in [3.8, 4) is 11.5 Å². The van der Waals surface area contributed by atoms with Gasteiger partial charge in [-0.3, -0.25) is 4.90 Å². The molecule has 2 aliphatic heterocycles. The number of fused-ring (bicyclic) bond motifs is 1. The maximum Gasteiger partial charge on any atom is 0.276 e. The van der Waals surface area contributed by atoms with Gasteiger partial charge in [0.2, 0.25) is 5.09 Å². The van der Waals surface area contributed by atoms with Crippen molar-refractivity contribution in [2.75, 3.05) is 33.9 Å². The molecule has 0 amide bonds. The van der Waals surface area contributed by atoms with Gasteiger partial charge in [-0.15, -0.1) is 0 Å². The van der Waals surface area contributed by atoms with Crippen LogP contribution in [0.5, 0.6) is 11.5 Å². The number of nitrogens with zero attached hydrogens (tertiary/aromatic N) is 2. The lowest BCUT2D eigenvalue weighted by Gasteiger charge is -2.37. The fraction of sp³-hybridized carbons (Fsp3) is 0.385. The van der Waals surface area contributed by atoms with Gasteiger partial charge in [0.05, 0.1) is 26.8 Å². The highest BCUT2D eigenvalue weighted by Gasteiger charge is 2.33. The molecule has 1 atom stereocenters. The summed E-state index contributed by atoms with van der Waals surface area (Å²) in [5.41, 5.74) is 3.54. The predicted octanol–water partition coefficient (Wildman–Crippen LogP) is 4.23. The van der Waals surface area contributed by atoms with Gasteiger partial charge in [-0.05, 0) is 60.2 Å². The lowest BCUT2D eigenvalue weighted by Crippen LogP contribution is -2.35. The van der Waals surface area contributed by atoms with Crippen LogP contribution in [0.4, 0.5) is 0 Å². The lowest BCUT2D eigenvalue weighted by molar-refractivity contribution is 0.183. The van der Waals surface area contributed by atoms with E-state index in [2.05, 4.69) is 29.2 Å². The van der Waals surface area contributed by atoms with Crippen LogP contribution in [-0.2, 0) is 23.0 Å². The molecule has 1 fully saturated rings. The Hall–Kier alpha value is -2.81. The van der Waals surface area contributed by atoms with E-state index in [1.165, 1.54) is 9.87 Å². The molecule has 3 heterocycles. The number of rotatable bonds is 7. The van der Waals surface area contributed by atoms with Crippen LogP contribution in [0.2, 0.25) is 0 Å². The molecule has 0 saturated carbocycles. The number of hydrogen-bond acceptors (Lipinski definition) is 6. The maximum atomic E-state index is 12.9. The van der Waals surface area contributed by atoms with Crippen LogP contribution in [0.1, 0.15) is 41.3 Å². The van der Waals surface area contributed by atoms with Crippen LogP contribution in [0.15, 0.2) is 64.1 Å². The minimum absolute atomic E-state index is 0.0199. The molecular formula is C26H30N2O5S. The summed E-state index contributed by atoms with van der Waals surface area (Å²) in [4.78, 5) is 2.33. The van der Waals surface area contributed by atoms with Gasteiger partial charge in [0.1, 0.15) is 5.76 Å². The first-order valence-electron chi connectivity index (χ1n) is 11.6. The van der Waals surface area contributed by atoms with Gasteiger partial charge >= 0.3 is 0 Å². The van der Waals surface area contributed by atoms with Crippen LogP contribution in [0.25, 0.3) is 0 Å². The Labute approximate surface area is 200 Å². The summed E-state index contributed by atoms with van der Waals surface area (Å²) in [5, 5.41) is 0.0319. The molecule has 0 spiro atoms. The zero-order valence-corrected chi connectivity index (χ0v) is 20.4. The second kappa shape index (κ2) is 9.44. The summed E-state index contributed by atoms with van der Waals surface area (Å²) in [6, 6.07) is 17.8. The van der Waals surface area contributed by atoms with Gasteiger partial charge in [0.15, 0.2) is 11.5 Å². The third-order valence-electron chi connectivity index (χ3n) is 6.74. The van der Waals surface area contributed by atoms with E-state index in [1.807, 2.05) is 18.2 Å². The minimum atomic E-state index is -3.57. The van der Waals surface area contributed by atoms with Crippen LogP contribution in [0, 0.1) is 0 Å². The molecule has 1 unspecified atom stereocenters. The molecule has 8 heteroatoms. The van der Waals surface area contributed by atoms with E-state index in [1.54, 1.807) is 26.4 Å². The predicted molar refractivity (Wildman–Crippen MR) is 129 cm³/mol. The first kappa shape index (κ1) is 23.0. The van der Waals surface area contributed by atoms with E-state index in [0.29, 0.717) is 31.1 Å². The number of methoxy groups -OCH3 is 2. The highest BCUT2D eigenvalue weighted by Crippen LogP contribution is 2.41. The largest absolute Gasteiger partial charge is 0.493 e. The third kappa shape index (κ3) is 4.21. The van der Waals surface area contributed by atoms with E-state index < -0.39 is 10.0 Å². The molecule has 0 radical (unpaired) electrons. The quantitative estimate of drug-likeness (QED) is 0.502. The van der Waals surface area contributed by atoms with Crippen LogP contribution < -0.4 is 9.47 Å². The minimum Gasteiger partial charge on any atom is -0.493 e. The Balaban J connectivity index is 1.48. The van der Waals surface area contributed by atoms with Crippen molar-refractivity contribution in [3.05, 3.63) is 77.0 Å². The fourth-order valence-electron chi connectivity index (χ4n) is 5.03. The van der Waals surface area contributed by atoms with E-state index in [4.69, 9.17) is 13.9 Å². The summed E-state index contributed by atoms with van der Waals surface area (Å²) < 4.78 is 44.4. The average Bonchev–Trinajstić information content (AvgIpc) is 3.57. The summed E-state index contributed by atoms with van der Waals surface area (Å²) in [6.45, 7) is 2.42. The number of hydrogen-bond donors (Lipinski definition) is 0. The Morgan fingerprint density at radius 1 is 0.941 bits per heavy atom. The molecule has 7 nitrogen and oxygen atoms in total. The second-order valence-corrected chi connectivity index (χ2v) is 10.6. The van der Waals surface area contributed by atoms with Gasteiger partial charge < -0.3 is 13.9 Å². The Morgan fingerprint density at radius 3 is 2.35 bits per heavy atom. The normalized spacial score (nSPS) is 19.2. The smallest absolute Gasteiger partial charge is 0.276 e. The molecule has 1 aromatic heterocycles. The Kier molecular flexibility index (Phi) is 6.38. The monoisotopic (exact) mass is 482 g/mol. The van der Waals surface area contributed by atoms with E-state index in [0.717, 1.165) is 42.7 Å². The van der Waals surface area contributed by atoms with Gasteiger partial charge in [0, 0.05) is 19.6 Å². The number of sulfonamides is 1. The van der Waals surface area contributed by atoms with E-state index in [-0.39, 0.29) is 11.1 Å². The SMILES string of the molecule is COc1cc2c(cc1OC)C(c1ccccc1)N(Cc1ccc(S(=O)(=O)N3CCCC3)o1)CC2. The van der Waals surface area contributed by atoms with Gasteiger partial charge in [-0.25, -0.2) is 8.42 Å². The van der Waals surface area contributed by atoms with Crippen molar-refractivity contribution in [2.24, 2.45) is 0 Å². The first-order valence-corrected chi connectivity index (χ1v) is 13.1. The topological polar surface area (TPSA) is 72.2 Å². The molecule has 3 aromatic rings. The Bertz CT molecular complexity index is 1250. The number of benzene rings is 2. The summed E-state index contributed by atoms with van der Waals surface area (Å²) in [7, 11) is -0.274. The zero-order valence-electron chi connectivity index (χ0n) is 19.6. The second-order valence-electron chi connectivity index (χ2n) is 8.77. The highest BCUT2D eigenvalue weighted by atomic mass is 32.2. The standard InChI is InChI=1S/C26H30N2O5S/c1-31-23-16-20-12-15-27(26(19-8-4-3-5-9-19)22(20)17-24(23)32-2)18-21-10-11-25(33-21)34(29,30)28-13-6-7-14-28/h3-5,8-11,16-17,26H,6-7,12-15,18H2,1-2H3. The van der Waals surface area contributed by atoms with Crippen LogP contribution in [-0.4, -0.2) is 51.5 Å². The van der Waals surface area contributed by atoms with Crippen molar-refractivity contribution < 1.29 is 22.3 Å². The molecule has 0 aliphatic carbocycles. The lowest BCUT2D eigenvalue weighted by atomic mass is 9.87. The molecule has 5 rings (SSSR count). The van der Waals surface area contributed by atoms with Crippen molar-refractivity contribution in [2.45, 2.75) is 36.9 Å². The summed E-state index contributed by atoms with van der Waals surface area (Å²) in [5.74, 6) is 2.06. The molecule has 34 heavy (non-hydrogen) atoms. The third-order valence-corrected chi connectivity index (χ3v) is 8.52. The zero-order chi connectivity index (χ0) is 23.7. The maximum absolute atomic E-state index is 12.9. The highest BCUT2D eigenvalue weighted by molar-refractivity contribution is 7.89. The van der Waals surface area contributed by atoms with E-state index >= 15 is 0 Å². The molecule has 0 N–H and O–H groups in total. The molecule has 2 aromatic carbocycles. The van der Waals surface area contributed by atoms with Crippen molar-refractivity contribution >= 4 is 10.0 Å². The van der Waals surface area contributed by atoms with Gasteiger partial charge in [0.25, 0.3) is 10.0 Å². The molecular weight excluding hydrogens is 452 g/mol. The van der Waals surface area contributed by atoms with Crippen LogP contribution in [0.3, 0.4) is 0 Å². The Morgan fingerprint density at radius 2 is 1.65 bits per heavy atom. The number of furan rings is 1. The molecule has 0 bridgehead atoms. The van der Waals surface area contributed by atoms with Crippen molar-refractivity contribution in [1.82, 2.24) is 9.21 Å². The average molecular weight is 483 g/mol. The summed E-state index contributed by atoms with van der Waals surface area (Å²) in [6.07, 6.45) is 2.64. The summed E-state index contributed by atoms with van der Waals surface area (Å²) >= 11 is 0. The van der Waals surface area contributed by atoms with Gasteiger partial charge in [-0.2, -0.15) is 4.31 Å². The van der Waals surface area contributed by atoms with Crippen molar-refractivity contribution in [1.29, 1.82) is 0 Å². The van der Waals surface area contributed by atoms with E-state index in [9.17, 15) is 8.42 Å². The molecule has 180 valence electrons. The fourth-order valence-corrected chi connectivity index (χ4v) is 6.48. The van der Waals surface area contributed by atoms with Gasteiger partial charge in [-0.1, -0.05) is 30.3 Å². The molecule has 1 saturated heterocycles.